The Morgan fingerprint density at radius 2 is 1.16 bits per heavy atom. The molecule has 0 amide bonds. The highest BCUT2D eigenvalue weighted by Crippen LogP contribution is 2.35. The number of ketones is 1. The molecule has 3 aromatic rings. The van der Waals surface area contributed by atoms with Gasteiger partial charge >= 0.3 is 0 Å². The van der Waals surface area contributed by atoms with Gasteiger partial charge in [0.05, 0.1) is 0 Å². The molecule has 126 valence electrons. The van der Waals surface area contributed by atoms with Gasteiger partial charge in [-0.25, -0.2) is 0 Å². The third kappa shape index (κ3) is 3.28. The average Bonchev–Trinajstić information content (AvgIpc) is 2.56. The second-order valence-corrected chi connectivity index (χ2v) is 6.89. The zero-order chi connectivity index (χ0) is 18.1. The average molecular weight is 328 g/mol. The van der Waals surface area contributed by atoms with Crippen LogP contribution in [0.1, 0.15) is 39.5 Å². The number of carbonyl (C=O) groups excluding carboxylic acids is 1. The van der Waals surface area contributed by atoms with Crippen molar-refractivity contribution < 1.29 is 4.79 Å². The largest absolute Gasteiger partial charge is 0.295 e. The Labute approximate surface area is 150 Å². The fourth-order valence-electron chi connectivity index (χ4n) is 3.65. The van der Waals surface area contributed by atoms with Crippen LogP contribution in [0.5, 0.6) is 0 Å². The number of Topliss-reactive ketones (excluding diaryl/α,β-unsaturated/α-hetero) is 1. The highest BCUT2D eigenvalue weighted by Gasteiger charge is 2.13. The Bertz CT molecular complexity index is 920. The van der Waals surface area contributed by atoms with E-state index in [-0.39, 0.29) is 5.78 Å². The molecule has 0 fully saturated rings. The summed E-state index contributed by atoms with van der Waals surface area (Å²) in [5, 5.41) is 0. The minimum absolute atomic E-state index is 0.0995. The number of rotatable bonds is 3. The van der Waals surface area contributed by atoms with E-state index in [2.05, 4.69) is 64.1 Å². The molecule has 0 saturated heterocycles. The van der Waals surface area contributed by atoms with Gasteiger partial charge in [-0.2, -0.15) is 0 Å². The standard InChI is InChI=1S/C24H24O/c1-15-8-6-9-16(2)23(15)24-17(3)12-22(13-18(24)4)21-11-7-10-20(14-21)19(5)25/h6-14H,1-5H3. The molecule has 1 nitrogen and oxygen atoms in total. The van der Waals surface area contributed by atoms with E-state index in [4.69, 9.17) is 0 Å². The summed E-state index contributed by atoms with van der Waals surface area (Å²) in [5.74, 6) is 0.0995. The molecule has 0 N–H and O–H groups in total. The van der Waals surface area contributed by atoms with E-state index in [0.717, 1.165) is 16.7 Å². The SMILES string of the molecule is CC(=O)c1cccc(-c2cc(C)c(-c3c(C)cccc3C)c(C)c2)c1. The summed E-state index contributed by atoms with van der Waals surface area (Å²) >= 11 is 0. The summed E-state index contributed by atoms with van der Waals surface area (Å²) in [5.41, 5.74) is 10.8. The normalized spacial score (nSPS) is 10.8. The minimum Gasteiger partial charge on any atom is -0.295 e. The molecule has 0 heterocycles. The van der Waals surface area contributed by atoms with Crippen LogP contribution < -0.4 is 0 Å². The number of benzene rings is 3. The van der Waals surface area contributed by atoms with Gasteiger partial charge < -0.3 is 0 Å². The molecule has 3 aromatic carbocycles. The Balaban J connectivity index is 2.16. The van der Waals surface area contributed by atoms with Gasteiger partial charge in [0.1, 0.15) is 0 Å². The lowest BCUT2D eigenvalue weighted by molar-refractivity contribution is 0.101. The molecule has 0 radical (unpaired) electrons. The summed E-state index contributed by atoms with van der Waals surface area (Å²) < 4.78 is 0. The first kappa shape index (κ1) is 17.2. The van der Waals surface area contributed by atoms with Crippen LogP contribution in [0.2, 0.25) is 0 Å². The van der Waals surface area contributed by atoms with Crippen molar-refractivity contribution in [2.75, 3.05) is 0 Å². The Kier molecular flexibility index (Phi) is 4.59. The predicted molar refractivity (Wildman–Crippen MR) is 106 cm³/mol. The van der Waals surface area contributed by atoms with Crippen molar-refractivity contribution >= 4 is 5.78 Å². The molecule has 0 bridgehead atoms. The van der Waals surface area contributed by atoms with Gasteiger partial charge in [0.25, 0.3) is 0 Å². The lowest BCUT2D eigenvalue weighted by Crippen LogP contribution is -1.96. The van der Waals surface area contributed by atoms with Crippen molar-refractivity contribution in [2.24, 2.45) is 0 Å². The van der Waals surface area contributed by atoms with Crippen molar-refractivity contribution in [3.05, 3.63) is 82.4 Å². The van der Waals surface area contributed by atoms with Crippen LogP contribution in [0.4, 0.5) is 0 Å². The Morgan fingerprint density at radius 3 is 1.72 bits per heavy atom. The molecule has 3 rings (SSSR count). The van der Waals surface area contributed by atoms with E-state index >= 15 is 0 Å². The smallest absolute Gasteiger partial charge is 0.159 e. The van der Waals surface area contributed by atoms with E-state index < -0.39 is 0 Å². The second kappa shape index (κ2) is 6.68. The van der Waals surface area contributed by atoms with Crippen LogP contribution >= 0.6 is 0 Å². The summed E-state index contributed by atoms with van der Waals surface area (Å²) in [6.45, 7) is 10.3. The molecule has 0 unspecified atom stereocenters. The fraction of sp³-hybridized carbons (Fsp3) is 0.208. The summed E-state index contributed by atoms with van der Waals surface area (Å²) in [7, 11) is 0. The van der Waals surface area contributed by atoms with E-state index in [1.807, 2.05) is 18.2 Å². The van der Waals surface area contributed by atoms with Crippen LogP contribution in [0.15, 0.2) is 54.6 Å². The lowest BCUT2D eigenvalue weighted by atomic mass is 9.87. The molecule has 0 aromatic heterocycles. The quantitative estimate of drug-likeness (QED) is 0.504. The molecule has 0 atom stereocenters. The van der Waals surface area contributed by atoms with E-state index in [9.17, 15) is 4.79 Å². The number of carbonyl (C=O) groups is 1. The first-order valence-electron chi connectivity index (χ1n) is 8.67. The van der Waals surface area contributed by atoms with Gasteiger partial charge in [0.2, 0.25) is 0 Å². The highest BCUT2D eigenvalue weighted by atomic mass is 16.1. The minimum atomic E-state index is 0.0995. The third-order valence-electron chi connectivity index (χ3n) is 4.87. The van der Waals surface area contributed by atoms with Gasteiger partial charge in [-0.15, -0.1) is 0 Å². The Morgan fingerprint density at radius 1 is 0.640 bits per heavy atom. The fourth-order valence-corrected chi connectivity index (χ4v) is 3.65. The zero-order valence-electron chi connectivity index (χ0n) is 15.6. The summed E-state index contributed by atoms with van der Waals surface area (Å²) in [6.07, 6.45) is 0. The highest BCUT2D eigenvalue weighted by molar-refractivity contribution is 5.95. The van der Waals surface area contributed by atoms with Crippen LogP contribution in [-0.2, 0) is 0 Å². The topological polar surface area (TPSA) is 17.1 Å². The zero-order valence-corrected chi connectivity index (χ0v) is 15.6. The number of hydrogen-bond acceptors (Lipinski definition) is 1. The van der Waals surface area contributed by atoms with Gasteiger partial charge in [0, 0.05) is 5.56 Å². The Hall–Kier alpha value is -2.67. The van der Waals surface area contributed by atoms with Gasteiger partial charge in [-0.05, 0) is 85.2 Å². The molecular formula is C24H24O. The van der Waals surface area contributed by atoms with Crippen molar-refractivity contribution in [2.45, 2.75) is 34.6 Å². The predicted octanol–water partition coefficient (Wildman–Crippen LogP) is 6.46. The summed E-state index contributed by atoms with van der Waals surface area (Å²) in [4.78, 5) is 11.7. The molecule has 0 saturated carbocycles. The van der Waals surface area contributed by atoms with Crippen molar-refractivity contribution in [3.8, 4) is 22.3 Å². The first-order chi connectivity index (χ1) is 11.9. The maximum Gasteiger partial charge on any atom is 0.159 e. The van der Waals surface area contributed by atoms with E-state index in [1.54, 1.807) is 6.92 Å². The van der Waals surface area contributed by atoms with Crippen LogP contribution in [0.3, 0.4) is 0 Å². The van der Waals surface area contributed by atoms with Gasteiger partial charge in [-0.1, -0.05) is 48.5 Å². The van der Waals surface area contributed by atoms with E-state index in [0.29, 0.717) is 0 Å². The lowest BCUT2D eigenvalue weighted by Gasteiger charge is -2.17. The van der Waals surface area contributed by atoms with Gasteiger partial charge in [0.15, 0.2) is 5.78 Å². The first-order valence-corrected chi connectivity index (χ1v) is 8.67. The third-order valence-corrected chi connectivity index (χ3v) is 4.87. The molecular weight excluding hydrogens is 304 g/mol. The molecule has 25 heavy (non-hydrogen) atoms. The van der Waals surface area contributed by atoms with E-state index in [1.165, 1.54) is 33.4 Å². The molecule has 0 aliphatic carbocycles. The van der Waals surface area contributed by atoms with Crippen LogP contribution in [0, 0.1) is 27.7 Å². The number of hydrogen-bond donors (Lipinski definition) is 0. The molecule has 0 aliphatic heterocycles. The molecule has 0 aliphatic rings. The van der Waals surface area contributed by atoms with Crippen LogP contribution in [0.25, 0.3) is 22.3 Å². The van der Waals surface area contributed by atoms with Crippen molar-refractivity contribution in [3.63, 3.8) is 0 Å². The second-order valence-electron chi connectivity index (χ2n) is 6.89. The van der Waals surface area contributed by atoms with Crippen LogP contribution in [-0.4, -0.2) is 5.78 Å². The van der Waals surface area contributed by atoms with Crippen molar-refractivity contribution in [1.82, 2.24) is 0 Å². The maximum atomic E-state index is 11.7. The van der Waals surface area contributed by atoms with Crippen molar-refractivity contribution in [1.29, 1.82) is 0 Å². The van der Waals surface area contributed by atoms with Gasteiger partial charge in [-0.3, -0.25) is 4.79 Å². The maximum absolute atomic E-state index is 11.7. The number of aryl methyl sites for hydroxylation is 4. The summed E-state index contributed by atoms with van der Waals surface area (Å²) in [6, 6.07) is 18.8. The monoisotopic (exact) mass is 328 g/mol. The molecule has 0 spiro atoms. The molecule has 1 heteroatoms.